The summed E-state index contributed by atoms with van der Waals surface area (Å²) in [6.45, 7) is 8.28. The van der Waals surface area contributed by atoms with E-state index >= 15 is 0 Å². The van der Waals surface area contributed by atoms with Crippen LogP contribution in [0.4, 0.5) is 4.79 Å². The van der Waals surface area contributed by atoms with E-state index in [-0.39, 0.29) is 19.0 Å². The Morgan fingerprint density at radius 3 is 2.43 bits per heavy atom. The molecule has 8 nitrogen and oxygen atoms in total. The van der Waals surface area contributed by atoms with E-state index in [0.717, 1.165) is 55.2 Å². The molecular weight excluding hydrogens is 592 g/mol. The summed E-state index contributed by atoms with van der Waals surface area (Å²) >= 11 is 0. The first-order chi connectivity index (χ1) is 22.6. The second-order valence-corrected chi connectivity index (χ2v) is 12.4. The van der Waals surface area contributed by atoms with Crippen molar-refractivity contribution in [3.63, 3.8) is 0 Å². The van der Waals surface area contributed by atoms with Crippen LogP contribution >= 0.6 is 0 Å². The van der Waals surface area contributed by atoms with Gasteiger partial charge >= 0.3 is 12.1 Å². The van der Waals surface area contributed by atoms with Crippen LogP contribution in [0.15, 0.2) is 102 Å². The number of hydrogen-bond donors (Lipinski definition) is 1. The maximum absolute atomic E-state index is 13.4. The molecule has 0 saturated heterocycles. The van der Waals surface area contributed by atoms with Gasteiger partial charge in [0.1, 0.15) is 23.5 Å². The SMILES string of the molecule is CCOC(=O)Cc1ccccc1OCc1coc2c(-c3cn(C(=O)OC(C)(C)C)c4ccccc34)cc(-c3cccc(CN)c3)cc12. The van der Waals surface area contributed by atoms with Crippen molar-refractivity contribution in [3.8, 4) is 28.0 Å². The van der Waals surface area contributed by atoms with Gasteiger partial charge in [-0.2, -0.15) is 0 Å². The molecule has 2 N–H and O–H groups in total. The van der Waals surface area contributed by atoms with Gasteiger partial charge in [0.2, 0.25) is 0 Å². The summed E-state index contributed by atoms with van der Waals surface area (Å²) in [6, 6.07) is 27.5. The lowest BCUT2D eigenvalue weighted by Gasteiger charge is -2.19. The van der Waals surface area contributed by atoms with Gasteiger partial charge in [-0.15, -0.1) is 0 Å². The van der Waals surface area contributed by atoms with Crippen LogP contribution in [0.2, 0.25) is 0 Å². The molecule has 0 spiro atoms. The van der Waals surface area contributed by atoms with Crippen LogP contribution in [0.1, 0.15) is 44.4 Å². The second-order valence-electron chi connectivity index (χ2n) is 12.4. The third kappa shape index (κ3) is 6.78. The minimum atomic E-state index is -0.658. The Kier molecular flexibility index (Phi) is 8.87. The molecule has 0 saturated carbocycles. The smallest absolute Gasteiger partial charge is 0.419 e. The van der Waals surface area contributed by atoms with Gasteiger partial charge < -0.3 is 24.4 Å². The average Bonchev–Trinajstić information content (AvgIpc) is 3.65. The lowest BCUT2D eigenvalue weighted by Crippen LogP contribution is -2.26. The number of carbonyl (C=O) groups is 2. The van der Waals surface area contributed by atoms with Gasteiger partial charge in [-0.1, -0.05) is 54.6 Å². The molecule has 0 unspecified atom stereocenters. The second kappa shape index (κ2) is 13.2. The van der Waals surface area contributed by atoms with Gasteiger partial charge in [0.25, 0.3) is 0 Å². The summed E-state index contributed by atoms with van der Waals surface area (Å²) in [4.78, 5) is 25.6. The van der Waals surface area contributed by atoms with Gasteiger partial charge in [0.15, 0.2) is 0 Å². The van der Waals surface area contributed by atoms with Crippen molar-refractivity contribution in [3.05, 3.63) is 114 Å². The van der Waals surface area contributed by atoms with Crippen LogP contribution in [0.3, 0.4) is 0 Å². The topological polar surface area (TPSA) is 106 Å². The maximum Gasteiger partial charge on any atom is 0.419 e. The van der Waals surface area contributed by atoms with Gasteiger partial charge in [-0.25, -0.2) is 4.79 Å². The number of hydrogen-bond acceptors (Lipinski definition) is 7. The molecule has 4 aromatic carbocycles. The number of furan rings is 1. The molecule has 6 rings (SSSR count). The molecule has 0 radical (unpaired) electrons. The Morgan fingerprint density at radius 1 is 0.851 bits per heavy atom. The molecule has 0 bridgehead atoms. The van der Waals surface area contributed by atoms with Gasteiger partial charge in [-0.3, -0.25) is 9.36 Å². The highest BCUT2D eigenvalue weighted by Gasteiger charge is 2.24. The van der Waals surface area contributed by atoms with Crippen molar-refractivity contribution < 1.29 is 28.2 Å². The van der Waals surface area contributed by atoms with Crippen LogP contribution in [0.5, 0.6) is 5.75 Å². The standard InChI is InChI=1S/C39H38N2O6/c1-5-44-36(42)20-27-12-6-9-16-35(27)45-23-29-24-46-37-31(29)18-28(26-13-10-11-25(17-26)21-40)19-32(37)33-22-41(38(43)47-39(2,3)4)34-15-8-7-14-30(33)34/h6-19,22,24H,5,20-21,23,40H2,1-4H3. The number of aromatic nitrogens is 1. The molecule has 0 fully saturated rings. The summed E-state index contributed by atoms with van der Waals surface area (Å²) < 4.78 is 25.1. The number of carbonyl (C=O) groups excluding carboxylic acids is 2. The molecule has 2 aromatic heterocycles. The first-order valence-corrected chi connectivity index (χ1v) is 15.7. The van der Waals surface area contributed by atoms with E-state index in [4.69, 9.17) is 24.4 Å². The van der Waals surface area contributed by atoms with E-state index in [2.05, 4.69) is 24.3 Å². The highest BCUT2D eigenvalue weighted by atomic mass is 16.6. The molecule has 6 aromatic rings. The first-order valence-electron chi connectivity index (χ1n) is 15.7. The first kappa shape index (κ1) is 31.6. The van der Waals surface area contributed by atoms with E-state index in [9.17, 15) is 9.59 Å². The van der Waals surface area contributed by atoms with Crippen LogP contribution in [-0.4, -0.2) is 28.8 Å². The Morgan fingerprint density at radius 2 is 1.64 bits per heavy atom. The molecule has 0 aliphatic carbocycles. The Bertz CT molecular complexity index is 2080. The zero-order chi connectivity index (χ0) is 33.1. The average molecular weight is 631 g/mol. The third-order valence-electron chi connectivity index (χ3n) is 7.84. The summed E-state index contributed by atoms with van der Waals surface area (Å²) in [5.41, 5.74) is 12.9. The van der Waals surface area contributed by atoms with Crippen LogP contribution in [0, 0.1) is 0 Å². The van der Waals surface area contributed by atoms with Gasteiger partial charge in [-0.05, 0) is 74.7 Å². The molecule has 0 amide bonds. The fourth-order valence-corrected chi connectivity index (χ4v) is 5.71. The normalized spacial score (nSPS) is 11.6. The van der Waals surface area contributed by atoms with Crippen molar-refractivity contribution >= 4 is 33.9 Å². The number of fused-ring (bicyclic) bond motifs is 2. The van der Waals surface area contributed by atoms with Crippen LogP contribution in [-0.2, 0) is 33.8 Å². The van der Waals surface area contributed by atoms with E-state index in [1.54, 1.807) is 17.8 Å². The monoisotopic (exact) mass is 630 g/mol. The number of esters is 1. The number of benzene rings is 4. The fourth-order valence-electron chi connectivity index (χ4n) is 5.71. The van der Waals surface area contributed by atoms with Crippen LogP contribution in [0.25, 0.3) is 44.1 Å². The predicted molar refractivity (Wildman–Crippen MR) is 183 cm³/mol. The molecule has 0 aliphatic rings. The van der Waals surface area contributed by atoms with E-state index < -0.39 is 11.7 Å². The summed E-state index contributed by atoms with van der Waals surface area (Å²) in [5, 5.41) is 1.75. The van der Waals surface area contributed by atoms with E-state index in [1.165, 1.54) is 0 Å². The summed E-state index contributed by atoms with van der Waals surface area (Å²) in [6.07, 6.45) is 3.18. The predicted octanol–water partition coefficient (Wildman–Crippen LogP) is 8.65. The minimum absolute atomic E-state index is 0.115. The number of ether oxygens (including phenoxy) is 3. The Balaban J connectivity index is 1.47. The zero-order valence-corrected chi connectivity index (χ0v) is 27.0. The lowest BCUT2D eigenvalue weighted by atomic mass is 9.94. The Hall–Kier alpha value is -5.34. The van der Waals surface area contributed by atoms with E-state index in [0.29, 0.717) is 24.5 Å². The lowest BCUT2D eigenvalue weighted by molar-refractivity contribution is -0.142. The molecule has 240 valence electrons. The number of rotatable bonds is 9. The maximum atomic E-state index is 13.4. The van der Waals surface area contributed by atoms with Gasteiger partial charge in [0.05, 0.1) is 24.8 Å². The molecule has 8 heteroatoms. The highest BCUT2D eigenvalue weighted by Crippen LogP contribution is 2.41. The van der Waals surface area contributed by atoms with Crippen molar-refractivity contribution in [2.24, 2.45) is 5.73 Å². The largest absolute Gasteiger partial charge is 0.488 e. The number of para-hydroxylation sites is 2. The van der Waals surface area contributed by atoms with Crippen LogP contribution < -0.4 is 10.5 Å². The number of nitrogens with zero attached hydrogens (tertiary/aromatic N) is 1. The van der Waals surface area contributed by atoms with E-state index in [1.807, 2.05) is 87.6 Å². The molecule has 0 aliphatic heterocycles. The van der Waals surface area contributed by atoms with Crippen molar-refractivity contribution in [2.75, 3.05) is 6.61 Å². The van der Waals surface area contributed by atoms with Crippen molar-refractivity contribution in [1.82, 2.24) is 4.57 Å². The number of nitrogens with two attached hydrogens (primary N) is 1. The van der Waals surface area contributed by atoms with Crippen molar-refractivity contribution in [2.45, 2.75) is 52.9 Å². The van der Waals surface area contributed by atoms with Gasteiger partial charge in [0, 0.05) is 45.8 Å². The molecule has 47 heavy (non-hydrogen) atoms. The quantitative estimate of drug-likeness (QED) is 0.159. The third-order valence-corrected chi connectivity index (χ3v) is 7.84. The summed E-state index contributed by atoms with van der Waals surface area (Å²) in [5.74, 6) is 0.291. The highest BCUT2D eigenvalue weighted by molar-refractivity contribution is 6.07. The summed E-state index contributed by atoms with van der Waals surface area (Å²) in [7, 11) is 0. The zero-order valence-electron chi connectivity index (χ0n) is 27.0. The minimum Gasteiger partial charge on any atom is -0.488 e. The molecule has 2 heterocycles. The van der Waals surface area contributed by atoms with Crippen molar-refractivity contribution in [1.29, 1.82) is 0 Å². The Labute approximate surface area is 273 Å². The molecular formula is C39H38N2O6. The fraction of sp³-hybridized carbons (Fsp3) is 0.231. The molecule has 0 atom stereocenters.